The van der Waals surface area contributed by atoms with Gasteiger partial charge in [0.2, 0.25) is 17.7 Å². The van der Waals surface area contributed by atoms with Crippen LogP contribution < -0.4 is 10.6 Å². The predicted molar refractivity (Wildman–Crippen MR) is 89.9 cm³/mol. The highest BCUT2D eigenvalue weighted by Gasteiger charge is 2.40. The maximum Gasteiger partial charge on any atom is 0.408 e. The van der Waals surface area contributed by atoms with Crippen LogP contribution in [-0.2, 0) is 4.79 Å². The van der Waals surface area contributed by atoms with Gasteiger partial charge in [-0.1, -0.05) is 6.92 Å². The van der Waals surface area contributed by atoms with E-state index in [2.05, 4.69) is 15.0 Å². The van der Waals surface area contributed by atoms with Crippen LogP contribution in [0.15, 0.2) is 5.83 Å². The van der Waals surface area contributed by atoms with E-state index in [4.69, 9.17) is 0 Å². The number of aromatic nitrogens is 3. The average Bonchev–Trinajstić information content (AvgIpc) is 2.62. The second-order valence-electron chi connectivity index (χ2n) is 6.52. The van der Waals surface area contributed by atoms with E-state index in [1.807, 2.05) is 10.6 Å². The Morgan fingerprint density at radius 2 is 1.60 bits per heavy atom. The van der Waals surface area contributed by atoms with E-state index in [0.717, 1.165) is 0 Å². The second-order valence-corrected chi connectivity index (χ2v) is 6.52. The van der Waals surface area contributed by atoms with Gasteiger partial charge in [-0.15, -0.1) is 0 Å². The Morgan fingerprint density at radius 1 is 1.03 bits per heavy atom. The van der Waals surface area contributed by atoms with Crippen LogP contribution in [0.3, 0.4) is 0 Å². The van der Waals surface area contributed by atoms with Crippen molar-refractivity contribution in [2.75, 3.05) is 10.6 Å². The quantitative estimate of drug-likeness (QED) is 0.631. The Morgan fingerprint density at radius 3 is 2.10 bits per heavy atom. The Kier molecular flexibility index (Phi) is 6.87. The average molecular weight is 447 g/mol. The number of hydrogen-bond donors (Lipinski definition) is 2. The normalized spacial score (nSPS) is 20.2. The molecule has 14 heteroatoms. The smallest absolute Gasteiger partial charge is 0.343 e. The monoisotopic (exact) mass is 447 g/mol. The van der Waals surface area contributed by atoms with E-state index < -0.39 is 78.4 Å². The van der Waals surface area contributed by atoms with E-state index in [1.54, 1.807) is 0 Å². The zero-order chi connectivity index (χ0) is 22.9. The van der Waals surface area contributed by atoms with E-state index >= 15 is 0 Å². The van der Waals surface area contributed by atoms with Gasteiger partial charge in [0.15, 0.2) is 17.8 Å². The van der Waals surface area contributed by atoms with Crippen molar-refractivity contribution in [3.8, 4) is 0 Å². The maximum absolute atomic E-state index is 14.2. The molecule has 0 unspecified atom stereocenters. The van der Waals surface area contributed by atoms with Crippen molar-refractivity contribution in [1.29, 1.82) is 0 Å². The fourth-order valence-electron chi connectivity index (χ4n) is 2.49. The van der Waals surface area contributed by atoms with Crippen molar-refractivity contribution in [3.63, 3.8) is 0 Å². The number of nitrogens with zero attached hydrogens (tertiary/aromatic N) is 3. The first-order valence-corrected chi connectivity index (χ1v) is 8.73. The lowest BCUT2D eigenvalue weighted by Gasteiger charge is -2.22. The third-order valence-corrected chi connectivity index (χ3v) is 4.26. The van der Waals surface area contributed by atoms with Crippen molar-refractivity contribution >= 4 is 23.3 Å². The second kappa shape index (κ2) is 8.68. The molecule has 1 aromatic rings. The topological polar surface area (TPSA) is 79.8 Å². The summed E-state index contributed by atoms with van der Waals surface area (Å²) in [6, 6.07) is -4.35. The highest BCUT2D eigenvalue weighted by atomic mass is 19.4. The highest BCUT2D eigenvalue weighted by molar-refractivity contribution is 6.04. The largest absolute Gasteiger partial charge is 0.408 e. The summed E-state index contributed by atoms with van der Waals surface area (Å²) in [5.74, 6) is -5.27. The molecule has 6 nitrogen and oxygen atoms in total. The molecule has 0 saturated carbocycles. The summed E-state index contributed by atoms with van der Waals surface area (Å²) in [4.78, 5) is 22.2. The fourth-order valence-corrected chi connectivity index (χ4v) is 2.49. The van der Waals surface area contributed by atoms with Gasteiger partial charge in [0.05, 0.1) is 0 Å². The molecule has 2 rings (SSSR count). The Bertz CT molecular complexity index is 823. The van der Waals surface area contributed by atoms with Gasteiger partial charge < -0.3 is 10.6 Å². The lowest BCUT2D eigenvalue weighted by molar-refractivity contribution is -0.143. The number of halogens is 8. The SMILES string of the molecule is CC[C@@H](Nc1nc(N[C@H](C)C(F)(F)F)nc(C2=C(F)C(=O)[C@@H](F)CC2)n1)C(F)(F)F. The van der Waals surface area contributed by atoms with E-state index in [-0.39, 0.29) is 6.42 Å². The number of Topliss-reactive ketones (excluding diaryl/α,β-unsaturated/α-hetero) is 1. The Hall–Kier alpha value is -2.54. The minimum Gasteiger partial charge on any atom is -0.343 e. The zero-order valence-corrected chi connectivity index (χ0v) is 15.6. The minimum absolute atomic E-state index is 0.382. The van der Waals surface area contributed by atoms with Crippen LogP contribution >= 0.6 is 0 Å². The summed E-state index contributed by atoms with van der Waals surface area (Å²) in [6.07, 6.45) is -12.9. The fraction of sp³-hybridized carbons (Fsp3) is 0.625. The molecule has 3 atom stereocenters. The van der Waals surface area contributed by atoms with Crippen LogP contribution in [0, 0.1) is 0 Å². The standard InChI is InChI=1S/C16H17F8N5O/c1-3-9(16(22,23)24)26-14-28-12(7-4-5-8(17)11(30)10(7)18)27-13(29-14)25-6(2)15(19,20)21/h6,8-9H,3-5H2,1-2H3,(H2,25,26,27,28,29)/t6-,8+,9-/m1/s1. The summed E-state index contributed by atoms with van der Waals surface area (Å²) >= 11 is 0. The van der Waals surface area contributed by atoms with Crippen molar-refractivity contribution in [2.45, 2.75) is 63.7 Å². The van der Waals surface area contributed by atoms with Gasteiger partial charge >= 0.3 is 12.4 Å². The first-order valence-electron chi connectivity index (χ1n) is 8.73. The van der Waals surface area contributed by atoms with Crippen LogP contribution in [0.1, 0.15) is 38.9 Å². The van der Waals surface area contributed by atoms with Gasteiger partial charge in [0.25, 0.3) is 0 Å². The van der Waals surface area contributed by atoms with Gasteiger partial charge in [0, 0.05) is 5.57 Å². The van der Waals surface area contributed by atoms with Crippen molar-refractivity contribution in [3.05, 3.63) is 11.7 Å². The number of ketones is 1. The molecule has 1 aliphatic carbocycles. The molecular formula is C16H17F8N5O. The molecule has 0 saturated heterocycles. The molecule has 0 aromatic carbocycles. The van der Waals surface area contributed by atoms with Crippen LogP contribution in [0.5, 0.6) is 0 Å². The molecule has 0 fully saturated rings. The van der Waals surface area contributed by atoms with Crippen molar-refractivity contribution < 1.29 is 39.9 Å². The van der Waals surface area contributed by atoms with Crippen LogP contribution in [0.25, 0.3) is 5.57 Å². The number of rotatable bonds is 6. The molecule has 0 spiro atoms. The van der Waals surface area contributed by atoms with Gasteiger partial charge in [-0.05, 0) is 26.2 Å². The molecule has 0 bridgehead atoms. The van der Waals surface area contributed by atoms with Crippen LogP contribution in [-0.4, -0.2) is 51.3 Å². The third kappa shape index (κ3) is 5.53. The molecule has 1 aromatic heterocycles. The number of allylic oxidation sites excluding steroid dienone is 2. The molecule has 0 radical (unpaired) electrons. The molecule has 168 valence electrons. The summed E-state index contributed by atoms with van der Waals surface area (Å²) < 4.78 is 105. The number of carbonyl (C=O) groups excluding carboxylic acids is 1. The lowest BCUT2D eigenvalue weighted by atomic mass is 9.95. The Labute approximate surface area is 165 Å². The maximum atomic E-state index is 14.2. The Balaban J connectivity index is 2.51. The number of anilines is 2. The third-order valence-electron chi connectivity index (χ3n) is 4.26. The van der Waals surface area contributed by atoms with Gasteiger partial charge in [-0.25, -0.2) is 8.78 Å². The minimum atomic E-state index is -4.74. The summed E-state index contributed by atoms with van der Waals surface area (Å²) in [6.45, 7) is 1.90. The van der Waals surface area contributed by atoms with Gasteiger partial charge in [-0.3, -0.25) is 4.79 Å². The molecular weight excluding hydrogens is 430 g/mol. The number of nitrogens with one attached hydrogen (secondary N) is 2. The number of alkyl halides is 7. The zero-order valence-electron chi connectivity index (χ0n) is 15.6. The molecule has 1 heterocycles. The lowest BCUT2D eigenvalue weighted by Crippen LogP contribution is -2.37. The van der Waals surface area contributed by atoms with E-state index in [0.29, 0.717) is 6.92 Å². The summed E-state index contributed by atoms with van der Waals surface area (Å²) in [7, 11) is 0. The highest BCUT2D eigenvalue weighted by Crippen LogP contribution is 2.32. The molecule has 0 amide bonds. The first-order chi connectivity index (χ1) is 13.7. The van der Waals surface area contributed by atoms with E-state index in [1.165, 1.54) is 6.92 Å². The van der Waals surface area contributed by atoms with Crippen molar-refractivity contribution in [1.82, 2.24) is 15.0 Å². The van der Waals surface area contributed by atoms with Gasteiger partial charge in [0.1, 0.15) is 12.1 Å². The molecule has 0 aliphatic heterocycles. The number of carbonyl (C=O) groups is 1. The van der Waals surface area contributed by atoms with Crippen LogP contribution in [0.4, 0.5) is 47.0 Å². The van der Waals surface area contributed by atoms with Crippen LogP contribution in [0.2, 0.25) is 0 Å². The number of hydrogen-bond acceptors (Lipinski definition) is 6. The molecule has 30 heavy (non-hydrogen) atoms. The predicted octanol–water partition coefficient (Wildman–Crippen LogP) is 4.37. The van der Waals surface area contributed by atoms with Gasteiger partial charge in [-0.2, -0.15) is 41.3 Å². The van der Waals surface area contributed by atoms with E-state index in [9.17, 15) is 39.9 Å². The molecule has 1 aliphatic rings. The first kappa shape index (κ1) is 23.7. The summed E-state index contributed by atoms with van der Waals surface area (Å²) in [5, 5.41) is 3.78. The van der Waals surface area contributed by atoms with Crippen molar-refractivity contribution in [2.24, 2.45) is 0 Å². The molecule has 2 N–H and O–H groups in total. The summed E-state index contributed by atoms with van der Waals surface area (Å²) in [5.41, 5.74) is -0.526.